The lowest BCUT2D eigenvalue weighted by Gasteiger charge is -2.20. The Morgan fingerprint density at radius 2 is 2.11 bits per heavy atom. The lowest BCUT2D eigenvalue weighted by Crippen LogP contribution is -2.40. The van der Waals surface area contributed by atoms with Gasteiger partial charge in [-0.05, 0) is 0 Å². The van der Waals surface area contributed by atoms with E-state index in [1.54, 1.807) is 0 Å². The van der Waals surface area contributed by atoms with E-state index in [1.807, 2.05) is 0 Å². The Kier molecular flexibility index (Phi) is 5.61. The quantitative estimate of drug-likeness (QED) is 0.779. The summed E-state index contributed by atoms with van der Waals surface area (Å²) in [4.78, 5) is 35.0. The number of carbonyl (C=O) groups is 3. The Hall–Kier alpha value is -1.08. The van der Waals surface area contributed by atoms with Gasteiger partial charge in [-0.3, -0.25) is 9.59 Å². The minimum atomic E-state index is -1.01. The van der Waals surface area contributed by atoms with Crippen molar-refractivity contribution >= 4 is 28.8 Å². The van der Waals surface area contributed by atoms with Crippen molar-refractivity contribution in [3.05, 3.63) is 0 Å². The summed E-state index contributed by atoms with van der Waals surface area (Å²) in [6, 6.07) is -0.815. The summed E-state index contributed by atoms with van der Waals surface area (Å²) in [7, 11) is 1.50. The van der Waals surface area contributed by atoms with Gasteiger partial charge in [0.05, 0.1) is 6.10 Å². The van der Waals surface area contributed by atoms with Crippen LogP contribution in [0, 0.1) is 0 Å². The van der Waals surface area contributed by atoms with Gasteiger partial charge >= 0.3 is 5.97 Å². The summed E-state index contributed by atoms with van der Waals surface area (Å²) in [6.45, 7) is 1.74. The Morgan fingerprint density at radius 1 is 1.44 bits per heavy atom. The lowest BCUT2D eigenvalue weighted by atomic mass is 10.2. The van der Waals surface area contributed by atoms with Crippen LogP contribution in [0.4, 0.5) is 0 Å². The third-order valence-corrected chi connectivity index (χ3v) is 3.64. The minimum absolute atomic E-state index is 0.0474. The molecule has 0 saturated carbocycles. The van der Waals surface area contributed by atoms with Gasteiger partial charge in [0, 0.05) is 39.2 Å². The van der Waals surface area contributed by atoms with Crippen molar-refractivity contribution in [2.75, 3.05) is 19.4 Å². The number of hydrogen-bond donors (Lipinski definition) is 1. The van der Waals surface area contributed by atoms with Crippen LogP contribution in [0.3, 0.4) is 0 Å². The van der Waals surface area contributed by atoms with Crippen molar-refractivity contribution in [1.82, 2.24) is 4.90 Å². The van der Waals surface area contributed by atoms with E-state index in [-0.39, 0.29) is 23.5 Å². The predicted molar refractivity (Wildman–Crippen MR) is 66.3 cm³/mol. The molecule has 1 aliphatic rings. The van der Waals surface area contributed by atoms with Crippen LogP contribution in [0.1, 0.15) is 19.8 Å². The van der Waals surface area contributed by atoms with Crippen molar-refractivity contribution in [3.63, 3.8) is 0 Å². The zero-order valence-electron chi connectivity index (χ0n) is 10.4. The Morgan fingerprint density at radius 3 is 2.61 bits per heavy atom. The molecule has 1 rings (SSSR count). The summed E-state index contributed by atoms with van der Waals surface area (Å²) < 4.78 is 5.10. The number of aliphatic carboxylic acids is 1. The molecule has 1 saturated heterocycles. The molecule has 0 radical (unpaired) electrons. The molecule has 1 aliphatic heterocycles. The molecule has 1 unspecified atom stereocenters. The fourth-order valence-electron chi connectivity index (χ4n) is 1.90. The highest BCUT2D eigenvalue weighted by molar-refractivity contribution is 8.13. The molecule has 0 aromatic heterocycles. The Labute approximate surface area is 110 Å². The van der Waals surface area contributed by atoms with Gasteiger partial charge in [0.1, 0.15) is 6.04 Å². The zero-order valence-corrected chi connectivity index (χ0v) is 11.2. The first-order chi connectivity index (χ1) is 8.45. The number of thioether (sulfide) groups is 1. The van der Waals surface area contributed by atoms with Crippen molar-refractivity contribution in [1.29, 1.82) is 0 Å². The number of ether oxygens (including phenoxy) is 1. The monoisotopic (exact) mass is 275 g/mol. The van der Waals surface area contributed by atoms with Gasteiger partial charge in [-0.1, -0.05) is 11.8 Å². The standard InChI is InChI=1S/C11H17NO5S/c1-7(13)18-4-3-10(14)12-6-8(17-2)5-9(12)11(15)16/h8-9H,3-6H2,1-2H3,(H,15,16)/t8?,9-/m0/s1. The fraction of sp³-hybridized carbons (Fsp3) is 0.727. The molecule has 6 nitrogen and oxygen atoms in total. The number of likely N-dealkylation sites (tertiary alicyclic amines) is 1. The molecule has 1 amide bonds. The van der Waals surface area contributed by atoms with Gasteiger partial charge in [0.2, 0.25) is 5.91 Å². The smallest absolute Gasteiger partial charge is 0.326 e. The molecule has 0 aromatic rings. The first kappa shape index (κ1) is 15.0. The van der Waals surface area contributed by atoms with E-state index in [4.69, 9.17) is 9.84 Å². The first-order valence-electron chi connectivity index (χ1n) is 5.64. The number of methoxy groups -OCH3 is 1. The summed E-state index contributed by atoms with van der Waals surface area (Å²) in [6.07, 6.45) is 0.262. The van der Waals surface area contributed by atoms with E-state index in [2.05, 4.69) is 0 Å². The minimum Gasteiger partial charge on any atom is -0.480 e. The maximum Gasteiger partial charge on any atom is 0.326 e. The summed E-state index contributed by atoms with van der Waals surface area (Å²) in [5.41, 5.74) is 0. The Balaban J connectivity index is 2.54. The van der Waals surface area contributed by atoms with Crippen molar-refractivity contribution in [2.24, 2.45) is 0 Å². The van der Waals surface area contributed by atoms with Crippen molar-refractivity contribution < 1.29 is 24.2 Å². The van der Waals surface area contributed by atoms with Crippen LogP contribution in [0.15, 0.2) is 0 Å². The molecule has 0 bridgehead atoms. The molecule has 0 aromatic carbocycles. The van der Waals surface area contributed by atoms with Gasteiger partial charge in [0.15, 0.2) is 5.12 Å². The van der Waals surface area contributed by atoms with Gasteiger partial charge < -0.3 is 14.7 Å². The van der Waals surface area contributed by atoms with Gasteiger partial charge in [-0.15, -0.1) is 0 Å². The van der Waals surface area contributed by atoms with Gasteiger partial charge in [-0.2, -0.15) is 0 Å². The highest BCUT2D eigenvalue weighted by Crippen LogP contribution is 2.21. The summed E-state index contributed by atoms with van der Waals surface area (Å²) >= 11 is 1.07. The second kappa shape index (κ2) is 6.75. The van der Waals surface area contributed by atoms with E-state index >= 15 is 0 Å². The Bertz CT molecular complexity index is 346. The van der Waals surface area contributed by atoms with Crippen molar-refractivity contribution in [3.8, 4) is 0 Å². The average Bonchev–Trinajstić information content (AvgIpc) is 2.72. The van der Waals surface area contributed by atoms with Crippen LogP contribution in [-0.4, -0.2) is 58.6 Å². The van der Waals surface area contributed by atoms with Gasteiger partial charge in [0.25, 0.3) is 0 Å². The maximum absolute atomic E-state index is 11.9. The molecule has 2 atom stereocenters. The number of carbonyl (C=O) groups excluding carboxylic acids is 2. The number of carboxylic acid groups (broad SMARTS) is 1. The molecule has 1 fully saturated rings. The third kappa shape index (κ3) is 3.99. The topological polar surface area (TPSA) is 83.9 Å². The molecule has 0 aliphatic carbocycles. The lowest BCUT2D eigenvalue weighted by molar-refractivity contribution is -0.148. The van der Waals surface area contributed by atoms with Crippen LogP contribution < -0.4 is 0 Å². The zero-order chi connectivity index (χ0) is 13.7. The number of carboxylic acids is 1. The maximum atomic E-state index is 11.9. The largest absolute Gasteiger partial charge is 0.480 e. The number of nitrogens with zero attached hydrogens (tertiary/aromatic N) is 1. The molecular weight excluding hydrogens is 258 g/mol. The SMILES string of the molecule is COC1C[C@@H](C(=O)O)N(C(=O)CCSC(C)=O)C1. The van der Waals surface area contributed by atoms with E-state index in [0.717, 1.165) is 11.8 Å². The van der Waals surface area contributed by atoms with E-state index < -0.39 is 12.0 Å². The number of rotatable bonds is 5. The molecule has 0 spiro atoms. The fourth-order valence-corrected chi connectivity index (χ4v) is 2.47. The first-order valence-corrected chi connectivity index (χ1v) is 6.62. The molecule has 1 heterocycles. The summed E-state index contributed by atoms with van der Waals surface area (Å²) in [5.74, 6) is -0.868. The van der Waals surface area contributed by atoms with E-state index in [9.17, 15) is 14.4 Å². The predicted octanol–water partition coefficient (Wildman–Crippen LogP) is 0.357. The average molecular weight is 275 g/mol. The second-order valence-electron chi connectivity index (χ2n) is 4.08. The number of amides is 1. The van der Waals surface area contributed by atoms with Gasteiger partial charge in [-0.25, -0.2) is 4.79 Å². The normalized spacial score (nSPS) is 23.1. The van der Waals surface area contributed by atoms with Crippen LogP contribution in [-0.2, 0) is 19.1 Å². The van der Waals surface area contributed by atoms with Crippen LogP contribution in [0.5, 0.6) is 0 Å². The van der Waals surface area contributed by atoms with Crippen LogP contribution >= 0.6 is 11.8 Å². The molecule has 18 heavy (non-hydrogen) atoms. The molecule has 1 N–H and O–H groups in total. The second-order valence-corrected chi connectivity index (χ2v) is 5.36. The molecule has 7 heteroatoms. The molecule has 102 valence electrons. The highest BCUT2D eigenvalue weighted by Gasteiger charge is 2.39. The highest BCUT2D eigenvalue weighted by atomic mass is 32.2. The van der Waals surface area contributed by atoms with E-state index in [1.165, 1.54) is 18.9 Å². The summed E-state index contributed by atoms with van der Waals surface area (Å²) in [5, 5.41) is 9.00. The van der Waals surface area contributed by atoms with E-state index in [0.29, 0.717) is 18.7 Å². The third-order valence-electron chi connectivity index (χ3n) is 2.82. The van der Waals surface area contributed by atoms with Crippen LogP contribution in [0.2, 0.25) is 0 Å². The van der Waals surface area contributed by atoms with Crippen LogP contribution in [0.25, 0.3) is 0 Å². The molecular formula is C11H17NO5S. The van der Waals surface area contributed by atoms with Crippen molar-refractivity contribution in [2.45, 2.75) is 31.9 Å². The number of hydrogen-bond acceptors (Lipinski definition) is 5.